The van der Waals surface area contributed by atoms with E-state index in [4.69, 9.17) is 4.74 Å². The summed E-state index contributed by atoms with van der Waals surface area (Å²) in [6.45, 7) is 2.72. The van der Waals surface area contributed by atoms with E-state index in [1.54, 1.807) is 0 Å². The molecule has 0 radical (unpaired) electrons. The lowest BCUT2D eigenvalue weighted by Crippen LogP contribution is -2.38. The van der Waals surface area contributed by atoms with Gasteiger partial charge in [0.05, 0.1) is 29.9 Å². The number of hydrogen-bond acceptors (Lipinski definition) is 7. The highest BCUT2D eigenvalue weighted by atomic mass is 19.4. The van der Waals surface area contributed by atoms with Crippen molar-refractivity contribution in [3.8, 4) is 6.07 Å². The summed E-state index contributed by atoms with van der Waals surface area (Å²) >= 11 is 0. The number of amides is 1. The van der Waals surface area contributed by atoms with Crippen molar-refractivity contribution in [3.05, 3.63) is 80.9 Å². The van der Waals surface area contributed by atoms with Gasteiger partial charge in [0.1, 0.15) is 6.04 Å². The Morgan fingerprint density at radius 3 is 2.57 bits per heavy atom. The molecule has 0 unspecified atom stereocenters. The van der Waals surface area contributed by atoms with Gasteiger partial charge >= 0.3 is 17.8 Å². The largest absolute Gasteiger partial charge is 0.466 e. The number of H-pyrrole nitrogens is 1. The normalized spacial score (nSPS) is 15.2. The molecule has 0 spiro atoms. The summed E-state index contributed by atoms with van der Waals surface area (Å²) in [5, 5.41) is 18.2. The van der Waals surface area contributed by atoms with Crippen molar-refractivity contribution in [2.75, 3.05) is 17.3 Å². The van der Waals surface area contributed by atoms with Crippen molar-refractivity contribution in [3.63, 3.8) is 0 Å². The number of methoxy groups -OCH3 is 1. The number of esters is 1. The second-order valence-electron chi connectivity index (χ2n) is 8.07. The summed E-state index contributed by atoms with van der Waals surface area (Å²) in [7, 11) is 1.12. The molecular formula is C24H19F3N6O4. The number of fused-ring (bicyclic) bond motifs is 1. The topological polar surface area (TPSA) is 133 Å². The van der Waals surface area contributed by atoms with Crippen LogP contribution in [0.25, 0.3) is 0 Å². The molecule has 10 nitrogen and oxygen atoms in total. The quantitative estimate of drug-likeness (QED) is 0.510. The fourth-order valence-corrected chi connectivity index (χ4v) is 4.24. The summed E-state index contributed by atoms with van der Waals surface area (Å²) in [4.78, 5) is 39.2. The number of carbonyl (C=O) groups is 2. The van der Waals surface area contributed by atoms with Crippen LogP contribution in [0.1, 0.15) is 36.6 Å². The van der Waals surface area contributed by atoms with Crippen LogP contribution in [0.15, 0.2) is 58.5 Å². The minimum Gasteiger partial charge on any atom is -0.466 e. The van der Waals surface area contributed by atoms with E-state index in [2.05, 4.69) is 15.5 Å². The lowest BCUT2D eigenvalue weighted by Gasteiger charge is -2.36. The first-order chi connectivity index (χ1) is 17.5. The third-order valence-electron chi connectivity index (χ3n) is 5.77. The molecule has 1 amide bonds. The van der Waals surface area contributed by atoms with Gasteiger partial charge in [-0.15, -0.1) is 5.10 Å². The maximum Gasteiger partial charge on any atom is 0.416 e. The number of halogens is 3. The van der Waals surface area contributed by atoms with Crippen LogP contribution in [0.3, 0.4) is 0 Å². The summed E-state index contributed by atoms with van der Waals surface area (Å²) in [5.74, 6) is -1.44. The Morgan fingerprint density at radius 2 is 1.95 bits per heavy atom. The molecule has 2 heterocycles. The SMILES string of the molecule is COC(=O)C1=C(C)N(c2cccc(C(F)(F)F)c2)c2n[nH]c(=O)n2[C@@H]1c1ccc(C#N)cc1NC(C)=O. The van der Waals surface area contributed by atoms with Crippen LogP contribution < -0.4 is 15.9 Å². The summed E-state index contributed by atoms with van der Waals surface area (Å²) in [6.07, 6.45) is -4.64. The number of ether oxygens (including phenoxy) is 1. The summed E-state index contributed by atoms with van der Waals surface area (Å²) < 4.78 is 46.4. The van der Waals surface area contributed by atoms with Gasteiger partial charge in [-0.3, -0.25) is 9.69 Å². The molecule has 2 N–H and O–H groups in total. The first-order valence-electron chi connectivity index (χ1n) is 10.7. The molecule has 1 atom stereocenters. The number of nitriles is 1. The Hall–Kier alpha value is -4.86. The Morgan fingerprint density at radius 1 is 1.22 bits per heavy atom. The number of aromatic nitrogens is 3. The molecule has 1 aliphatic rings. The van der Waals surface area contributed by atoms with Crippen LogP contribution in [-0.2, 0) is 20.5 Å². The Kier molecular flexibility index (Phi) is 6.35. The zero-order valence-corrected chi connectivity index (χ0v) is 19.7. The minimum atomic E-state index is -4.64. The Balaban J connectivity index is 2.04. The second-order valence-corrected chi connectivity index (χ2v) is 8.07. The summed E-state index contributed by atoms with van der Waals surface area (Å²) in [5.41, 5.74) is -1.07. The summed E-state index contributed by atoms with van der Waals surface area (Å²) in [6, 6.07) is 9.37. The van der Waals surface area contributed by atoms with E-state index >= 15 is 0 Å². The van der Waals surface area contributed by atoms with Crippen molar-refractivity contribution < 1.29 is 27.5 Å². The first kappa shape index (κ1) is 25.2. The van der Waals surface area contributed by atoms with Crippen LogP contribution in [0, 0.1) is 11.3 Å². The molecule has 1 aliphatic heterocycles. The number of carbonyl (C=O) groups excluding carboxylic acids is 2. The fourth-order valence-electron chi connectivity index (χ4n) is 4.24. The number of nitrogens with one attached hydrogen (secondary N) is 2. The van der Waals surface area contributed by atoms with Crippen molar-refractivity contribution in [1.82, 2.24) is 14.8 Å². The molecule has 0 bridgehead atoms. The van der Waals surface area contributed by atoms with Crippen LogP contribution >= 0.6 is 0 Å². The van der Waals surface area contributed by atoms with Crippen molar-refractivity contribution >= 4 is 29.2 Å². The zero-order chi connectivity index (χ0) is 27.1. The average molecular weight is 512 g/mol. The van der Waals surface area contributed by atoms with E-state index in [0.717, 1.165) is 23.8 Å². The van der Waals surface area contributed by atoms with E-state index in [1.807, 2.05) is 6.07 Å². The van der Waals surface area contributed by atoms with Gasteiger partial charge in [-0.25, -0.2) is 19.3 Å². The molecule has 0 saturated heterocycles. The number of rotatable bonds is 4. The van der Waals surface area contributed by atoms with E-state index in [0.29, 0.717) is 0 Å². The van der Waals surface area contributed by atoms with Crippen LogP contribution in [0.5, 0.6) is 0 Å². The highest BCUT2D eigenvalue weighted by molar-refractivity contribution is 5.95. The molecule has 0 saturated carbocycles. The number of benzene rings is 2. The van der Waals surface area contributed by atoms with E-state index in [-0.39, 0.29) is 39.7 Å². The number of nitrogens with zero attached hydrogens (tertiary/aromatic N) is 4. The lowest BCUT2D eigenvalue weighted by molar-refractivity contribution is -0.138. The molecule has 0 aliphatic carbocycles. The van der Waals surface area contributed by atoms with Gasteiger partial charge < -0.3 is 10.1 Å². The first-order valence-corrected chi connectivity index (χ1v) is 10.7. The number of hydrogen-bond donors (Lipinski definition) is 2. The van der Waals surface area contributed by atoms with Gasteiger partial charge in [-0.2, -0.15) is 18.4 Å². The second kappa shape index (κ2) is 9.30. The molecule has 2 aromatic carbocycles. The highest BCUT2D eigenvalue weighted by Crippen LogP contribution is 2.44. The molecule has 4 rings (SSSR count). The Labute approximate surface area is 207 Å². The maximum atomic E-state index is 13.4. The van der Waals surface area contributed by atoms with Gasteiger partial charge in [0.2, 0.25) is 11.9 Å². The Bertz CT molecular complexity index is 1550. The number of anilines is 3. The van der Waals surface area contributed by atoms with Crippen molar-refractivity contribution in [2.45, 2.75) is 26.1 Å². The predicted octanol–water partition coefficient (Wildman–Crippen LogP) is 3.61. The average Bonchev–Trinajstić information content (AvgIpc) is 3.22. The van der Waals surface area contributed by atoms with Crippen LogP contribution in [0.2, 0.25) is 0 Å². The maximum absolute atomic E-state index is 13.4. The molecule has 190 valence electrons. The lowest BCUT2D eigenvalue weighted by atomic mass is 9.92. The third-order valence-corrected chi connectivity index (χ3v) is 5.77. The van der Waals surface area contributed by atoms with E-state index in [1.165, 1.54) is 49.1 Å². The van der Waals surface area contributed by atoms with Crippen LogP contribution in [-0.4, -0.2) is 33.8 Å². The van der Waals surface area contributed by atoms with Crippen LogP contribution in [0.4, 0.5) is 30.5 Å². The van der Waals surface area contributed by atoms with Gasteiger partial charge in [-0.05, 0) is 37.3 Å². The van der Waals surface area contributed by atoms with Crippen molar-refractivity contribution in [2.24, 2.45) is 0 Å². The van der Waals surface area contributed by atoms with Crippen molar-refractivity contribution in [1.29, 1.82) is 5.26 Å². The number of aromatic amines is 1. The monoisotopic (exact) mass is 512 g/mol. The smallest absolute Gasteiger partial charge is 0.416 e. The standard InChI is InChI=1S/C24H19F3N6O4/c1-12-19(21(35)37-3)20(17-8-7-14(11-28)9-18(17)29-13(2)34)33-22(30-31-23(33)36)32(12)16-6-4-5-15(10-16)24(25,26)27/h4-10,20H,1-3H3,(H,29,34)(H,31,36)/t20-/m1/s1. The molecule has 1 aromatic heterocycles. The minimum absolute atomic E-state index is 0.00524. The molecule has 37 heavy (non-hydrogen) atoms. The van der Waals surface area contributed by atoms with Gasteiger partial charge in [0, 0.05) is 29.6 Å². The fraction of sp³-hybridized carbons (Fsp3) is 0.208. The van der Waals surface area contributed by atoms with E-state index < -0.39 is 35.3 Å². The highest BCUT2D eigenvalue weighted by Gasteiger charge is 2.41. The number of alkyl halides is 3. The molecule has 0 fully saturated rings. The zero-order valence-electron chi connectivity index (χ0n) is 19.7. The predicted molar refractivity (Wildman–Crippen MR) is 125 cm³/mol. The van der Waals surface area contributed by atoms with E-state index in [9.17, 15) is 32.8 Å². The molecular weight excluding hydrogens is 493 g/mol. The number of allylic oxidation sites excluding steroid dienone is 1. The molecule has 3 aromatic rings. The van der Waals surface area contributed by atoms with Gasteiger partial charge in [0.15, 0.2) is 0 Å². The third kappa shape index (κ3) is 4.44. The van der Waals surface area contributed by atoms with Gasteiger partial charge in [-0.1, -0.05) is 12.1 Å². The molecule has 13 heteroatoms. The van der Waals surface area contributed by atoms with Gasteiger partial charge in [0.25, 0.3) is 0 Å².